The molecule has 0 aliphatic rings. The molecule has 1 unspecified atom stereocenters. The van der Waals surface area contributed by atoms with Gasteiger partial charge in [0, 0.05) is 11.8 Å². The smallest absolute Gasteiger partial charge is 0.390 e. The Morgan fingerprint density at radius 2 is 2.00 bits per heavy atom. The Bertz CT molecular complexity index is 743. The van der Waals surface area contributed by atoms with E-state index in [2.05, 4.69) is 4.98 Å². The lowest BCUT2D eigenvalue weighted by Crippen LogP contribution is -2.10. The van der Waals surface area contributed by atoms with Gasteiger partial charge in [0.05, 0.1) is 7.05 Å². The monoisotopic (exact) mass is 351 g/mol. The van der Waals surface area contributed by atoms with Crippen molar-refractivity contribution in [2.45, 2.75) is 32.5 Å². The summed E-state index contributed by atoms with van der Waals surface area (Å²) in [6.07, 6.45) is 2.50. The van der Waals surface area contributed by atoms with Crippen LogP contribution in [0.1, 0.15) is 25.1 Å². The molecule has 1 aromatic heterocycles. The number of hydrogen-bond acceptors (Lipinski definition) is 5. The maximum atomic E-state index is 13.1. The zero-order chi connectivity index (χ0) is 17.7. The SMILES string of the molecule is CC(C)P(=O)(CCc1ccccc1)OCc1cnc([N+](=O)[O-])n1C. The summed E-state index contributed by atoms with van der Waals surface area (Å²) in [5.41, 5.74) is 1.52. The maximum absolute atomic E-state index is 13.1. The van der Waals surface area contributed by atoms with Crippen LogP contribution >= 0.6 is 7.37 Å². The topological polar surface area (TPSA) is 87.3 Å². The third-order valence-electron chi connectivity index (χ3n) is 4.00. The lowest BCUT2D eigenvalue weighted by molar-refractivity contribution is -0.396. The first-order chi connectivity index (χ1) is 11.3. The van der Waals surface area contributed by atoms with Crippen molar-refractivity contribution in [1.82, 2.24) is 9.55 Å². The number of imidazole rings is 1. The van der Waals surface area contributed by atoms with Crippen LogP contribution in [-0.4, -0.2) is 26.3 Å². The van der Waals surface area contributed by atoms with Crippen LogP contribution in [-0.2, 0) is 29.2 Å². The van der Waals surface area contributed by atoms with Gasteiger partial charge in [0.25, 0.3) is 0 Å². The van der Waals surface area contributed by atoms with Gasteiger partial charge in [0.2, 0.25) is 7.37 Å². The van der Waals surface area contributed by atoms with E-state index < -0.39 is 12.3 Å². The third kappa shape index (κ3) is 4.30. The first kappa shape index (κ1) is 18.4. The molecule has 130 valence electrons. The Balaban J connectivity index is 2.05. The van der Waals surface area contributed by atoms with Gasteiger partial charge in [-0.05, 0) is 16.9 Å². The lowest BCUT2D eigenvalue weighted by atomic mass is 10.2. The van der Waals surface area contributed by atoms with Gasteiger partial charge in [-0.3, -0.25) is 4.57 Å². The van der Waals surface area contributed by atoms with Gasteiger partial charge in [-0.1, -0.05) is 49.2 Å². The highest BCUT2D eigenvalue weighted by atomic mass is 31.2. The van der Waals surface area contributed by atoms with E-state index in [0.29, 0.717) is 18.3 Å². The summed E-state index contributed by atoms with van der Waals surface area (Å²) in [6, 6.07) is 9.83. The summed E-state index contributed by atoms with van der Waals surface area (Å²) in [6.45, 7) is 3.79. The van der Waals surface area contributed by atoms with E-state index in [4.69, 9.17) is 4.52 Å². The molecular formula is C16H22N3O4P. The van der Waals surface area contributed by atoms with E-state index in [-0.39, 0.29) is 18.2 Å². The average molecular weight is 351 g/mol. The van der Waals surface area contributed by atoms with E-state index >= 15 is 0 Å². The number of nitro groups is 1. The summed E-state index contributed by atoms with van der Waals surface area (Å²) in [7, 11) is -1.32. The molecule has 1 atom stereocenters. The fourth-order valence-electron chi connectivity index (χ4n) is 2.31. The summed E-state index contributed by atoms with van der Waals surface area (Å²) >= 11 is 0. The Labute approximate surface area is 141 Å². The molecule has 0 fully saturated rings. The highest BCUT2D eigenvalue weighted by Gasteiger charge is 2.29. The number of hydrogen-bond donors (Lipinski definition) is 0. The van der Waals surface area contributed by atoms with Gasteiger partial charge in [0.1, 0.15) is 18.5 Å². The quantitative estimate of drug-likeness (QED) is 0.410. The standard InChI is InChI=1S/C16H22N3O4P/c1-13(2)24(22,10-9-14-7-5-4-6-8-14)23-12-15-11-17-16(18(15)3)19(20)21/h4-8,11,13H,9-10,12H2,1-3H3. The van der Waals surface area contributed by atoms with Crippen LogP contribution < -0.4 is 0 Å². The minimum atomic E-state index is -2.87. The molecule has 0 N–H and O–H groups in total. The van der Waals surface area contributed by atoms with Crippen molar-refractivity contribution < 1.29 is 14.0 Å². The average Bonchev–Trinajstić information content (AvgIpc) is 2.93. The molecule has 24 heavy (non-hydrogen) atoms. The molecule has 2 aromatic rings. The molecule has 0 bridgehead atoms. The van der Waals surface area contributed by atoms with Crippen LogP contribution in [0.2, 0.25) is 0 Å². The first-order valence-electron chi connectivity index (χ1n) is 7.75. The number of rotatable bonds is 8. The number of aromatic nitrogens is 2. The summed E-state index contributed by atoms with van der Waals surface area (Å²) in [4.78, 5) is 14.0. The number of benzene rings is 1. The normalized spacial score (nSPS) is 13.8. The van der Waals surface area contributed by atoms with E-state index in [1.807, 2.05) is 44.2 Å². The predicted octanol–water partition coefficient (Wildman–Crippen LogP) is 3.77. The van der Waals surface area contributed by atoms with Gasteiger partial charge in [-0.2, -0.15) is 0 Å². The molecule has 0 aliphatic heterocycles. The second kappa shape index (κ2) is 7.73. The zero-order valence-corrected chi connectivity index (χ0v) is 15.0. The van der Waals surface area contributed by atoms with Gasteiger partial charge >= 0.3 is 5.95 Å². The van der Waals surface area contributed by atoms with Gasteiger partial charge in [-0.25, -0.2) is 4.57 Å². The largest absolute Gasteiger partial charge is 0.434 e. The Hall–Kier alpha value is -1.98. The van der Waals surface area contributed by atoms with Crippen molar-refractivity contribution in [2.24, 2.45) is 7.05 Å². The van der Waals surface area contributed by atoms with E-state index in [0.717, 1.165) is 5.56 Å². The molecule has 0 spiro atoms. The lowest BCUT2D eigenvalue weighted by Gasteiger charge is -2.22. The minimum absolute atomic E-state index is 0.0432. The minimum Gasteiger partial charge on any atom is -0.390 e. The Morgan fingerprint density at radius 3 is 2.54 bits per heavy atom. The first-order valence-corrected chi connectivity index (χ1v) is 9.63. The van der Waals surface area contributed by atoms with Gasteiger partial charge in [-0.15, -0.1) is 0 Å². The van der Waals surface area contributed by atoms with Crippen molar-refractivity contribution in [1.29, 1.82) is 0 Å². The van der Waals surface area contributed by atoms with Crippen LogP contribution in [0.3, 0.4) is 0 Å². The fraction of sp³-hybridized carbons (Fsp3) is 0.438. The zero-order valence-electron chi connectivity index (χ0n) is 14.1. The molecule has 0 saturated heterocycles. The van der Waals surface area contributed by atoms with Crippen molar-refractivity contribution in [2.75, 3.05) is 6.16 Å². The van der Waals surface area contributed by atoms with E-state index in [1.54, 1.807) is 7.05 Å². The molecule has 1 aromatic carbocycles. The third-order valence-corrected chi connectivity index (χ3v) is 6.98. The highest BCUT2D eigenvalue weighted by Crippen LogP contribution is 2.52. The molecule has 7 nitrogen and oxygen atoms in total. The molecule has 0 aliphatic carbocycles. The van der Waals surface area contributed by atoms with Gasteiger partial charge in [0.15, 0.2) is 0 Å². The molecule has 1 heterocycles. The summed E-state index contributed by atoms with van der Waals surface area (Å²) in [5.74, 6) is -0.253. The van der Waals surface area contributed by atoms with Gasteiger partial charge < -0.3 is 14.6 Å². The second-order valence-electron chi connectivity index (χ2n) is 5.92. The Morgan fingerprint density at radius 1 is 1.33 bits per heavy atom. The Kier molecular flexibility index (Phi) is 5.91. The van der Waals surface area contributed by atoms with Crippen molar-refractivity contribution in [3.8, 4) is 0 Å². The summed E-state index contributed by atoms with van der Waals surface area (Å²) in [5, 5.41) is 10.8. The van der Waals surface area contributed by atoms with Crippen molar-refractivity contribution in [3.63, 3.8) is 0 Å². The van der Waals surface area contributed by atoms with Crippen LogP contribution in [0.4, 0.5) is 5.95 Å². The van der Waals surface area contributed by atoms with Crippen molar-refractivity contribution >= 4 is 13.3 Å². The molecular weight excluding hydrogens is 329 g/mol. The molecule has 0 radical (unpaired) electrons. The summed E-state index contributed by atoms with van der Waals surface area (Å²) < 4.78 is 20.2. The van der Waals surface area contributed by atoms with Crippen LogP contribution in [0, 0.1) is 10.1 Å². The molecule has 8 heteroatoms. The maximum Gasteiger partial charge on any atom is 0.434 e. The van der Waals surface area contributed by atoms with Crippen LogP contribution in [0.5, 0.6) is 0 Å². The van der Waals surface area contributed by atoms with Crippen molar-refractivity contribution in [3.05, 3.63) is 57.9 Å². The highest BCUT2D eigenvalue weighted by molar-refractivity contribution is 7.59. The van der Waals surface area contributed by atoms with E-state index in [9.17, 15) is 14.7 Å². The molecule has 0 amide bonds. The van der Waals surface area contributed by atoms with Crippen LogP contribution in [0.25, 0.3) is 0 Å². The second-order valence-corrected chi connectivity index (χ2v) is 9.11. The molecule has 0 saturated carbocycles. The number of nitrogens with zero attached hydrogens (tertiary/aromatic N) is 3. The van der Waals surface area contributed by atoms with Crippen LogP contribution in [0.15, 0.2) is 36.5 Å². The fourth-order valence-corrected chi connectivity index (χ4v) is 4.18. The predicted molar refractivity (Wildman–Crippen MR) is 92.4 cm³/mol. The molecule has 2 rings (SSSR count). The van der Waals surface area contributed by atoms with E-state index in [1.165, 1.54) is 10.8 Å². The number of aryl methyl sites for hydroxylation is 1.